The fraction of sp³-hybridized carbons (Fsp3) is 0.188. The number of thiophene rings is 1. The van der Waals surface area contributed by atoms with Crippen LogP contribution in [-0.2, 0) is 16.4 Å². The number of hydrogen-bond acceptors (Lipinski definition) is 5. The van der Waals surface area contributed by atoms with Crippen molar-refractivity contribution in [2.45, 2.75) is 25.2 Å². The van der Waals surface area contributed by atoms with Crippen LogP contribution in [0.3, 0.4) is 0 Å². The molecule has 4 nitrogen and oxygen atoms in total. The van der Waals surface area contributed by atoms with E-state index in [9.17, 15) is 17.2 Å². The highest BCUT2D eigenvalue weighted by Gasteiger charge is 2.22. The highest BCUT2D eigenvalue weighted by Crippen LogP contribution is 2.35. The van der Waals surface area contributed by atoms with E-state index in [1.807, 2.05) is 12.3 Å². The van der Waals surface area contributed by atoms with Gasteiger partial charge in [0.15, 0.2) is 0 Å². The van der Waals surface area contributed by atoms with E-state index in [0.29, 0.717) is 10.9 Å². The monoisotopic (exact) mass is 400 g/mol. The number of hydrogen-bond donors (Lipinski definition) is 1. The molecule has 3 aromatic rings. The van der Waals surface area contributed by atoms with Crippen LogP contribution in [0.2, 0.25) is 0 Å². The van der Waals surface area contributed by atoms with Gasteiger partial charge in [0, 0.05) is 16.3 Å². The largest absolute Gasteiger partial charge is 0.277 e. The minimum Gasteiger partial charge on any atom is -0.277 e. The standard InChI is InChI=1S/C16H14F2N2O2S3/c1-3-16-19-13(8-23-16)14-7-15(9(2)24-14)25(21,22)20-12-5-4-10(17)6-11(12)18/h4-8,20H,3H2,1-2H3. The normalized spacial score (nSPS) is 11.7. The number of halogens is 2. The molecule has 0 aliphatic heterocycles. The first kappa shape index (κ1) is 18.0. The summed E-state index contributed by atoms with van der Waals surface area (Å²) in [5, 5.41) is 2.85. The van der Waals surface area contributed by atoms with E-state index in [1.165, 1.54) is 28.7 Å². The second-order valence-corrected chi connectivity index (χ2v) is 9.09. The van der Waals surface area contributed by atoms with Crippen molar-refractivity contribution in [3.63, 3.8) is 0 Å². The zero-order valence-electron chi connectivity index (χ0n) is 13.3. The van der Waals surface area contributed by atoms with Gasteiger partial charge in [0.2, 0.25) is 0 Å². The molecular formula is C16H14F2N2O2S3. The minimum atomic E-state index is -3.99. The number of aromatic nitrogens is 1. The first-order valence-electron chi connectivity index (χ1n) is 7.33. The zero-order chi connectivity index (χ0) is 18.2. The Bertz CT molecular complexity index is 1030. The maximum Gasteiger partial charge on any atom is 0.263 e. The van der Waals surface area contributed by atoms with Gasteiger partial charge in [0.25, 0.3) is 10.0 Å². The Morgan fingerprint density at radius 1 is 1.24 bits per heavy atom. The summed E-state index contributed by atoms with van der Waals surface area (Å²) in [5.41, 5.74) is 0.430. The molecule has 2 aromatic heterocycles. The first-order chi connectivity index (χ1) is 11.8. The van der Waals surface area contributed by atoms with Crippen molar-refractivity contribution in [1.29, 1.82) is 0 Å². The Labute approximate surface area is 152 Å². The van der Waals surface area contributed by atoms with Gasteiger partial charge in [-0.05, 0) is 31.5 Å². The Kier molecular flexibility index (Phi) is 4.90. The van der Waals surface area contributed by atoms with Crippen LogP contribution < -0.4 is 4.72 Å². The molecule has 0 spiro atoms. The average Bonchev–Trinajstić information content (AvgIpc) is 3.16. The number of nitrogens with one attached hydrogen (secondary N) is 1. The van der Waals surface area contributed by atoms with Crippen LogP contribution in [0, 0.1) is 18.6 Å². The predicted molar refractivity (Wildman–Crippen MR) is 96.7 cm³/mol. The lowest BCUT2D eigenvalue weighted by Crippen LogP contribution is -2.14. The fourth-order valence-corrected chi connectivity index (χ4v) is 5.66. The minimum absolute atomic E-state index is 0.0577. The number of thiazole rings is 1. The summed E-state index contributed by atoms with van der Waals surface area (Å²) in [4.78, 5) is 5.81. The lowest BCUT2D eigenvalue weighted by Gasteiger charge is -2.08. The smallest absolute Gasteiger partial charge is 0.263 e. The summed E-state index contributed by atoms with van der Waals surface area (Å²) in [5.74, 6) is -1.74. The lowest BCUT2D eigenvalue weighted by atomic mass is 10.3. The van der Waals surface area contributed by atoms with Crippen LogP contribution in [0.15, 0.2) is 34.5 Å². The van der Waals surface area contributed by atoms with Crippen molar-refractivity contribution in [2.75, 3.05) is 4.72 Å². The van der Waals surface area contributed by atoms with Gasteiger partial charge in [-0.2, -0.15) is 0 Å². The van der Waals surface area contributed by atoms with E-state index in [-0.39, 0.29) is 10.6 Å². The average molecular weight is 400 g/mol. The van der Waals surface area contributed by atoms with Gasteiger partial charge in [-0.3, -0.25) is 4.72 Å². The van der Waals surface area contributed by atoms with Crippen LogP contribution >= 0.6 is 22.7 Å². The van der Waals surface area contributed by atoms with Crippen molar-refractivity contribution >= 4 is 38.4 Å². The van der Waals surface area contributed by atoms with Crippen molar-refractivity contribution < 1.29 is 17.2 Å². The molecule has 1 aromatic carbocycles. The van der Waals surface area contributed by atoms with E-state index < -0.39 is 21.7 Å². The topological polar surface area (TPSA) is 59.1 Å². The molecule has 0 radical (unpaired) electrons. The lowest BCUT2D eigenvalue weighted by molar-refractivity contribution is 0.583. The fourth-order valence-electron chi connectivity index (χ4n) is 2.22. The van der Waals surface area contributed by atoms with Gasteiger partial charge in [-0.1, -0.05) is 6.92 Å². The van der Waals surface area contributed by atoms with E-state index in [2.05, 4.69) is 9.71 Å². The molecule has 0 aliphatic carbocycles. The van der Waals surface area contributed by atoms with Crippen LogP contribution in [-0.4, -0.2) is 13.4 Å². The van der Waals surface area contributed by atoms with Gasteiger partial charge in [0.1, 0.15) is 16.5 Å². The molecule has 0 atom stereocenters. The second-order valence-electron chi connectivity index (χ2n) is 5.24. The highest BCUT2D eigenvalue weighted by atomic mass is 32.2. The van der Waals surface area contributed by atoms with E-state index in [4.69, 9.17) is 0 Å². The van der Waals surface area contributed by atoms with Crippen LogP contribution in [0.4, 0.5) is 14.5 Å². The third-order valence-electron chi connectivity index (χ3n) is 3.44. The molecule has 0 saturated carbocycles. The van der Waals surface area contributed by atoms with Crippen LogP contribution in [0.5, 0.6) is 0 Å². The maximum atomic E-state index is 13.7. The number of anilines is 1. The zero-order valence-corrected chi connectivity index (χ0v) is 15.8. The van der Waals surface area contributed by atoms with Crippen molar-refractivity contribution in [2.24, 2.45) is 0 Å². The Morgan fingerprint density at radius 2 is 2.00 bits per heavy atom. The van der Waals surface area contributed by atoms with Gasteiger partial charge in [0.05, 0.1) is 21.3 Å². The summed E-state index contributed by atoms with van der Waals surface area (Å²) in [6.07, 6.45) is 0.811. The molecule has 0 unspecified atom stereocenters. The summed E-state index contributed by atoms with van der Waals surface area (Å²) < 4.78 is 54.0. The Balaban J connectivity index is 1.94. The van der Waals surface area contributed by atoms with Crippen molar-refractivity contribution in [3.05, 3.63) is 51.2 Å². The molecule has 0 fully saturated rings. The highest BCUT2D eigenvalue weighted by molar-refractivity contribution is 7.93. The first-order valence-corrected chi connectivity index (χ1v) is 10.5. The van der Waals surface area contributed by atoms with Crippen molar-refractivity contribution in [1.82, 2.24) is 4.98 Å². The van der Waals surface area contributed by atoms with Gasteiger partial charge in [-0.15, -0.1) is 22.7 Å². The summed E-state index contributed by atoms with van der Waals surface area (Å²) >= 11 is 2.82. The maximum absolute atomic E-state index is 13.7. The molecule has 132 valence electrons. The Morgan fingerprint density at radius 3 is 2.64 bits per heavy atom. The Hall–Kier alpha value is -1.84. The summed E-state index contributed by atoms with van der Waals surface area (Å²) in [7, 11) is -3.99. The van der Waals surface area contributed by atoms with Gasteiger partial charge >= 0.3 is 0 Å². The summed E-state index contributed by atoms with van der Waals surface area (Å²) in [6.45, 7) is 3.68. The predicted octanol–water partition coefficient (Wildman–Crippen LogP) is 4.82. The van der Waals surface area contributed by atoms with Crippen molar-refractivity contribution in [3.8, 4) is 10.6 Å². The molecular weight excluding hydrogens is 386 g/mol. The molecule has 0 aliphatic rings. The third kappa shape index (κ3) is 3.73. The molecule has 1 N–H and O–H groups in total. The van der Waals surface area contributed by atoms with E-state index in [1.54, 1.807) is 6.92 Å². The van der Waals surface area contributed by atoms with Gasteiger partial charge in [-0.25, -0.2) is 22.2 Å². The molecule has 25 heavy (non-hydrogen) atoms. The number of aryl methyl sites for hydroxylation is 2. The quantitative estimate of drug-likeness (QED) is 0.668. The third-order valence-corrected chi connectivity index (χ3v) is 7.13. The molecule has 0 amide bonds. The van der Waals surface area contributed by atoms with Gasteiger partial charge < -0.3 is 0 Å². The molecule has 0 bridgehead atoms. The van der Waals surface area contributed by atoms with E-state index in [0.717, 1.165) is 34.1 Å². The number of rotatable bonds is 5. The number of sulfonamides is 1. The summed E-state index contributed by atoms with van der Waals surface area (Å²) in [6, 6.07) is 4.21. The number of nitrogens with zero attached hydrogens (tertiary/aromatic N) is 1. The molecule has 2 heterocycles. The SMILES string of the molecule is CCc1nc(-c2cc(S(=O)(=O)Nc3ccc(F)cc3F)c(C)s2)cs1. The molecule has 9 heteroatoms. The van der Waals surface area contributed by atoms with Crippen LogP contribution in [0.1, 0.15) is 16.8 Å². The van der Waals surface area contributed by atoms with E-state index >= 15 is 0 Å². The second kappa shape index (κ2) is 6.81. The number of benzene rings is 1. The molecule has 0 saturated heterocycles. The van der Waals surface area contributed by atoms with Crippen LogP contribution in [0.25, 0.3) is 10.6 Å². The molecule has 3 rings (SSSR count).